The molecular formula is C20H29NO5. The highest BCUT2D eigenvalue weighted by Crippen LogP contribution is 2.16. The maximum atomic E-state index is 12.1. The number of ether oxygens (including phenoxy) is 3. The number of benzene rings is 1. The Bertz CT molecular complexity index is 614. The van der Waals surface area contributed by atoms with Crippen molar-refractivity contribution >= 4 is 12.1 Å². The number of carbonyl (C=O) groups is 2. The van der Waals surface area contributed by atoms with Gasteiger partial charge in [-0.05, 0) is 52.2 Å². The molecule has 0 saturated heterocycles. The molecule has 1 aromatic carbocycles. The van der Waals surface area contributed by atoms with Gasteiger partial charge in [-0.1, -0.05) is 24.8 Å². The molecule has 0 fully saturated rings. The van der Waals surface area contributed by atoms with Crippen LogP contribution in [0.15, 0.2) is 36.4 Å². The highest BCUT2D eigenvalue weighted by Gasteiger charge is 2.24. The molecule has 6 heteroatoms. The molecule has 26 heavy (non-hydrogen) atoms. The van der Waals surface area contributed by atoms with E-state index in [-0.39, 0.29) is 12.2 Å². The zero-order valence-electron chi connectivity index (χ0n) is 16.1. The van der Waals surface area contributed by atoms with Crippen LogP contribution >= 0.6 is 0 Å². The summed E-state index contributed by atoms with van der Waals surface area (Å²) in [6.07, 6.45) is 0.218. The molecule has 1 atom stereocenters. The standard InChI is InChI=1S/C20H29NO5/c1-6-24-20(23)21(17(5)26-19(22)15(2)3)13-9-10-14-25-18-12-8-7-11-16(18)4/h7-8,11-12,17H,2,6,9-10,13-14H2,1,3-5H3. The molecule has 0 spiro atoms. The first-order chi connectivity index (χ1) is 12.4. The lowest BCUT2D eigenvalue weighted by Gasteiger charge is -2.28. The molecule has 0 aromatic heterocycles. The largest absolute Gasteiger partial charge is 0.493 e. The van der Waals surface area contributed by atoms with E-state index in [1.54, 1.807) is 20.8 Å². The number of para-hydroxylation sites is 1. The summed E-state index contributed by atoms with van der Waals surface area (Å²) >= 11 is 0. The van der Waals surface area contributed by atoms with E-state index >= 15 is 0 Å². The first-order valence-electron chi connectivity index (χ1n) is 8.85. The fourth-order valence-corrected chi connectivity index (χ4v) is 2.23. The van der Waals surface area contributed by atoms with Crippen LogP contribution in [0.4, 0.5) is 4.79 Å². The van der Waals surface area contributed by atoms with Gasteiger partial charge in [0.05, 0.1) is 13.2 Å². The SMILES string of the molecule is C=C(C)C(=O)OC(C)N(CCCCOc1ccccc1C)C(=O)OCC. The van der Waals surface area contributed by atoms with Crippen molar-refractivity contribution in [1.29, 1.82) is 0 Å². The number of esters is 1. The lowest BCUT2D eigenvalue weighted by Crippen LogP contribution is -2.42. The van der Waals surface area contributed by atoms with Crippen LogP contribution in [0, 0.1) is 6.92 Å². The molecule has 1 amide bonds. The van der Waals surface area contributed by atoms with Gasteiger partial charge in [-0.3, -0.25) is 4.90 Å². The van der Waals surface area contributed by atoms with Gasteiger partial charge in [0.15, 0.2) is 6.23 Å². The smallest absolute Gasteiger partial charge is 0.412 e. The van der Waals surface area contributed by atoms with Crippen molar-refractivity contribution in [1.82, 2.24) is 4.90 Å². The predicted molar refractivity (Wildman–Crippen MR) is 100 cm³/mol. The number of hydrogen-bond acceptors (Lipinski definition) is 5. The summed E-state index contributed by atoms with van der Waals surface area (Å²) in [5.41, 5.74) is 1.37. The molecular weight excluding hydrogens is 334 g/mol. The van der Waals surface area contributed by atoms with Crippen molar-refractivity contribution in [2.75, 3.05) is 19.8 Å². The Morgan fingerprint density at radius 2 is 1.92 bits per heavy atom. The molecule has 0 aliphatic heterocycles. The van der Waals surface area contributed by atoms with E-state index in [2.05, 4.69) is 6.58 Å². The number of unbranched alkanes of at least 4 members (excludes halogenated alkanes) is 1. The number of aryl methyl sites for hydroxylation is 1. The molecule has 0 aliphatic rings. The molecule has 0 saturated carbocycles. The Balaban J connectivity index is 2.49. The van der Waals surface area contributed by atoms with Crippen LogP contribution in [0.1, 0.15) is 39.2 Å². The second-order valence-electron chi connectivity index (χ2n) is 6.00. The summed E-state index contributed by atoms with van der Waals surface area (Å²) < 4.78 is 16.0. The Morgan fingerprint density at radius 1 is 1.23 bits per heavy atom. The van der Waals surface area contributed by atoms with Gasteiger partial charge in [0.1, 0.15) is 5.75 Å². The highest BCUT2D eigenvalue weighted by molar-refractivity contribution is 5.87. The van der Waals surface area contributed by atoms with Crippen molar-refractivity contribution in [3.63, 3.8) is 0 Å². The zero-order chi connectivity index (χ0) is 19.5. The molecule has 0 heterocycles. The number of carbonyl (C=O) groups excluding carboxylic acids is 2. The minimum absolute atomic E-state index is 0.257. The maximum absolute atomic E-state index is 12.1. The molecule has 1 unspecified atom stereocenters. The molecule has 0 N–H and O–H groups in total. The van der Waals surface area contributed by atoms with Crippen molar-refractivity contribution < 1.29 is 23.8 Å². The Morgan fingerprint density at radius 3 is 2.54 bits per heavy atom. The quantitative estimate of drug-likeness (QED) is 0.271. The summed E-state index contributed by atoms with van der Waals surface area (Å²) in [4.78, 5) is 25.2. The molecule has 0 radical (unpaired) electrons. The third-order valence-electron chi connectivity index (χ3n) is 3.71. The molecule has 1 aromatic rings. The maximum Gasteiger partial charge on any atom is 0.412 e. The highest BCUT2D eigenvalue weighted by atomic mass is 16.6. The van der Waals surface area contributed by atoms with Crippen molar-refractivity contribution in [2.45, 2.75) is 46.8 Å². The van der Waals surface area contributed by atoms with Gasteiger partial charge in [0.2, 0.25) is 0 Å². The lowest BCUT2D eigenvalue weighted by atomic mass is 10.2. The summed E-state index contributed by atoms with van der Waals surface area (Å²) in [5.74, 6) is 0.327. The predicted octanol–water partition coefficient (Wildman–Crippen LogP) is 4.08. The van der Waals surface area contributed by atoms with E-state index in [1.165, 1.54) is 4.90 Å². The van der Waals surface area contributed by atoms with E-state index < -0.39 is 18.3 Å². The van der Waals surface area contributed by atoms with Crippen LogP contribution in [-0.2, 0) is 14.3 Å². The zero-order valence-corrected chi connectivity index (χ0v) is 16.1. The minimum Gasteiger partial charge on any atom is -0.493 e. The monoisotopic (exact) mass is 363 g/mol. The molecule has 0 aliphatic carbocycles. The number of rotatable bonds is 10. The number of hydrogen-bond donors (Lipinski definition) is 0. The van der Waals surface area contributed by atoms with Gasteiger partial charge in [0, 0.05) is 12.1 Å². The Kier molecular flexibility index (Phi) is 9.26. The third-order valence-corrected chi connectivity index (χ3v) is 3.71. The van der Waals surface area contributed by atoms with Crippen molar-refractivity contribution in [3.8, 4) is 5.75 Å². The fourth-order valence-electron chi connectivity index (χ4n) is 2.23. The summed E-state index contributed by atoms with van der Waals surface area (Å²) in [6, 6.07) is 7.82. The van der Waals surface area contributed by atoms with Crippen molar-refractivity contribution in [3.05, 3.63) is 42.0 Å². The van der Waals surface area contributed by atoms with E-state index in [0.29, 0.717) is 19.6 Å². The van der Waals surface area contributed by atoms with Gasteiger partial charge in [-0.15, -0.1) is 0 Å². The first-order valence-corrected chi connectivity index (χ1v) is 8.85. The van der Waals surface area contributed by atoms with Gasteiger partial charge < -0.3 is 14.2 Å². The second-order valence-corrected chi connectivity index (χ2v) is 6.00. The van der Waals surface area contributed by atoms with E-state index in [9.17, 15) is 9.59 Å². The van der Waals surface area contributed by atoms with Crippen LogP contribution in [0.5, 0.6) is 5.75 Å². The van der Waals surface area contributed by atoms with Gasteiger partial charge >= 0.3 is 12.1 Å². The number of amides is 1. The molecule has 1 rings (SSSR count). The van der Waals surface area contributed by atoms with E-state index in [4.69, 9.17) is 14.2 Å². The van der Waals surface area contributed by atoms with Crippen LogP contribution < -0.4 is 4.74 Å². The average molecular weight is 363 g/mol. The molecule has 6 nitrogen and oxygen atoms in total. The van der Waals surface area contributed by atoms with Gasteiger partial charge in [-0.25, -0.2) is 9.59 Å². The molecule has 0 bridgehead atoms. The Hall–Kier alpha value is -2.50. The van der Waals surface area contributed by atoms with Crippen LogP contribution in [-0.4, -0.2) is 42.9 Å². The van der Waals surface area contributed by atoms with Gasteiger partial charge in [0.25, 0.3) is 0 Å². The van der Waals surface area contributed by atoms with Gasteiger partial charge in [-0.2, -0.15) is 0 Å². The second kappa shape index (κ2) is 11.2. The number of nitrogens with zero attached hydrogens (tertiary/aromatic N) is 1. The topological polar surface area (TPSA) is 65.1 Å². The van der Waals surface area contributed by atoms with E-state index in [1.807, 2.05) is 31.2 Å². The summed E-state index contributed by atoms with van der Waals surface area (Å²) in [6.45, 7) is 11.7. The van der Waals surface area contributed by atoms with E-state index in [0.717, 1.165) is 17.7 Å². The summed E-state index contributed by atoms with van der Waals surface area (Å²) in [7, 11) is 0. The first kappa shape index (κ1) is 21.5. The normalized spacial score (nSPS) is 11.4. The van der Waals surface area contributed by atoms with Crippen LogP contribution in [0.25, 0.3) is 0 Å². The molecule has 144 valence electrons. The fraction of sp³-hybridized carbons (Fsp3) is 0.500. The van der Waals surface area contributed by atoms with Crippen molar-refractivity contribution in [2.24, 2.45) is 0 Å². The lowest BCUT2D eigenvalue weighted by molar-refractivity contribution is -0.150. The minimum atomic E-state index is -0.726. The summed E-state index contributed by atoms with van der Waals surface area (Å²) in [5, 5.41) is 0. The van der Waals surface area contributed by atoms with Crippen LogP contribution in [0.2, 0.25) is 0 Å². The Labute approximate surface area is 155 Å². The third kappa shape index (κ3) is 7.17. The average Bonchev–Trinajstić information content (AvgIpc) is 2.59. The van der Waals surface area contributed by atoms with Crippen LogP contribution in [0.3, 0.4) is 0 Å².